The van der Waals surface area contributed by atoms with E-state index in [4.69, 9.17) is 22.3 Å². The maximum atomic E-state index is 12.9. The first kappa shape index (κ1) is 28.1. The number of phenols is 1. The normalized spacial score (nSPS) is 13.1. The molecule has 0 aromatic heterocycles. The maximum absolute atomic E-state index is 12.9. The first-order valence-corrected chi connectivity index (χ1v) is 10.3. The summed E-state index contributed by atoms with van der Waals surface area (Å²) in [6.07, 6.45) is 0.623. The van der Waals surface area contributed by atoms with Crippen LogP contribution < -0.4 is 33.2 Å². The fourth-order valence-electron chi connectivity index (χ4n) is 2.76. The number of carboxylic acid groups (broad SMARTS) is 1. The lowest BCUT2D eigenvalue weighted by Crippen LogP contribution is -2.57. The van der Waals surface area contributed by atoms with Crippen molar-refractivity contribution < 1.29 is 34.5 Å². The van der Waals surface area contributed by atoms with Gasteiger partial charge in [0.25, 0.3) is 0 Å². The SMILES string of the molecule is NC(N)=NCCCC(N)C(=O)NC(Cc1ccc(O)cc1)C(=O)NC(CO)C(=O)NCC(=O)O. The van der Waals surface area contributed by atoms with Crippen LogP contribution in [0.1, 0.15) is 18.4 Å². The number of hydrogen-bond acceptors (Lipinski definition) is 8. The molecule has 0 aliphatic carbocycles. The highest BCUT2D eigenvalue weighted by Crippen LogP contribution is 2.12. The van der Waals surface area contributed by atoms with Gasteiger partial charge in [0.05, 0.1) is 12.6 Å². The molecule has 1 rings (SSSR count). The van der Waals surface area contributed by atoms with E-state index in [0.29, 0.717) is 12.0 Å². The van der Waals surface area contributed by atoms with Crippen molar-refractivity contribution in [2.45, 2.75) is 37.4 Å². The molecule has 3 atom stereocenters. The van der Waals surface area contributed by atoms with Crippen molar-refractivity contribution >= 4 is 29.7 Å². The molecule has 0 fully saturated rings. The number of aliphatic imine (C=N–C) groups is 1. The Morgan fingerprint density at radius 3 is 2.15 bits per heavy atom. The molecule has 14 heteroatoms. The van der Waals surface area contributed by atoms with Crippen LogP contribution in [0.15, 0.2) is 29.3 Å². The summed E-state index contributed by atoms with van der Waals surface area (Å²) in [6, 6.07) is 2.27. The summed E-state index contributed by atoms with van der Waals surface area (Å²) in [5.41, 5.74) is 16.9. The molecule has 1 aromatic carbocycles. The van der Waals surface area contributed by atoms with Crippen molar-refractivity contribution in [3.63, 3.8) is 0 Å². The lowest BCUT2D eigenvalue weighted by atomic mass is 10.0. The molecule has 0 saturated heterocycles. The molecule has 12 N–H and O–H groups in total. The molecule has 0 radical (unpaired) electrons. The summed E-state index contributed by atoms with van der Waals surface area (Å²) >= 11 is 0. The van der Waals surface area contributed by atoms with Crippen LogP contribution in [0.4, 0.5) is 0 Å². The van der Waals surface area contributed by atoms with E-state index in [0.717, 1.165) is 0 Å². The molecular formula is C20H31N7O7. The highest BCUT2D eigenvalue weighted by Gasteiger charge is 2.28. The largest absolute Gasteiger partial charge is 0.508 e. The number of hydrogen-bond donors (Lipinski definition) is 9. The van der Waals surface area contributed by atoms with Crippen LogP contribution >= 0.6 is 0 Å². The average molecular weight is 482 g/mol. The Morgan fingerprint density at radius 1 is 0.971 bits per heavy atom. The number of carbonyl (C=O) groups is 4. The van der Waals surface area contributed by atoms with Crippen LogP contribution in [0, 0.1) is 0 Å². The van der Waals surface area contributed by atoms with Crippen LogP contribution in [0.5, 0.6) is 5.75 Å². The van der Waals surface area contributed by atoms with E-state index in [2.05, 4.69) is 20.9 Å². The molecule has 34 heavy (non-hydrogen) atoms. The minimum atomic E-state index is -1.45. The smallest absolute Gasteiger partial charge is 0.322 e. The first-order valence-electron chi connectivity index (χ1n) is 10.3. The van der Waals surface area contributed by atoms with Gasteiger partial charge in [-0.05, 0) is 30.5 Å². The third-order valence-corrected chi connectivity index (χ3v) is 4.54. The van der Waals surface area contributed by atoms with Crippen molar-refractivity contribution in [3.8, 4) is 5.75 Å². The summed E-state index contributed by atoms with van der Waals surface area (Å²) in [6.45, 7) is -1.24. The molecule has 3 unspecified atom stereocenters. The molecule has 0 bridgehead atoms. The standard InChI is InChI=1S/C20H31N7O7/c21-13(2-1-7-24-20(22)23)17(32)26-14(8-11-3-5-12(29)6-4-11)19(34)27-15(10-28)18(33)25-9-16(30)31/h3-6,13-15,28-29H,1-2,7-10,21H2,(H,25,33)(H,26,32)(H,27,34)(H,30,31)(H4,22,23,24). The second-order valence-corrected chi connectivity index (χ2v) is 7.34. The van der Waals surface area contributed by atoms with Gasteiger partial charge in [-0.2, -0.15) is 0 Å². The molecule has 0 aliphatic rings. The molecule has 0 saturated carbocycles. The number of amides is 3. The van der Waals surface area contributed by atoms with Crippen LogP contribution in [0.25, 0.3) is 0 Å². The van der Waals surface area contributed by atoms with E-state index < -0.39 is 55.0 Å². The van der Waals surface area contributed by atoms with Gasteiger partial charge in [0.1, 0.15) is 24.4 Å². The molecule has 14 nitrogen and oxygen atoms in total. The number of aliphatic hydroxyl groups is 1. The number of phenolic OH excluding ortho intramolecular Hbond substituents is 1. The second kappa shape index (κ2) is 14.3. The lowest BCUT2D eigenvalue weighted by Gasteiger charge is -2.23. The maximum Gasteiger partial charge on any atom is 0.322 e. The monoisotopic (exact) mass is 481 g/mol. The zero-order chi connectivity index (χ0) is 25.7. The van der Waals surface area contributed by atoms with E-state index in [-0.39, 0.29) is 31.1 Å². The number of nitrogens with one attached hydrogen (secondary N) is 3. The van der Waals surface area contributed by atoms with Crippen LogP contribution in [0.2, 0.25) is 0 Å². The number of nitrogens with two attached hydrogens (primary N) is 3. The number of guanidine groups is 1. The minimum Gasteiger partial charge on any atom is -0.508 e. The summed E-state index contributed by atoms with van der Waals surface area (Å²) in [5, 5.41) is 34.4. The van der Waals surface area contributed by atoms with E-state index in [1.165, 1.54) is 12.1 Å². The fraction of sp³-hybridized carbons (Fsp3) is 0.450. The van der Waals surface area contributed by atoms with E-state index in [9.17, 15) is 29.4 Å². The number of aliphatic hydroxyl groups excluding tert-OH is 1. The predicted molar refractivity (Wildman–Crippen MR) is 121 cm³/mol. The second-order valence-electron chi connectivity index (χ2n) is 7.34. The van der Waals surface area contributed by atoms with Gasteiger partial charge in [0.15, 0.2) is 5.96 Å². The van der Waals surface area contributed by atoms with Crippen LogP contribution in [-0.2, 0) is 25.6 Å². The molecule has 188 valence electrons. The molecule has 0 spiro atoms. The zero-order valence-electron chi connectivity index (χ0n) is 18.4. The lowest BCUT2D eigenvalue weighted by molar-refractivity contribution is -0.139. The van der Waals surface area contributed by atoms with Gasteiger partial charge in [-0.25, -0.2) is 0 Å². The fourth-order valence-corrected chi connectivity index (χ4v) is 2.76. The van der Waals surface area contributed by atoms with Gasteiger partial charge in [-0.3, -0.25) is 24.2 Å². The van der Waals surface area contributed by atoms with E-state index in [1.54, 1.807) is 12.1 Å². The number of benzene rings is 1. The Kier molecular flexibility index (Phi) is 11.8. The Hall–Kier alpha value is -3.91. The van der Waals surface area contributed by atoms with Crippen molar-refractivity contribution in [2.75, 3.05) is 19.7 Å². The summed E-state index contributed by atoms with van der Waals surface area (Å²) in [7, 11) is 0. The Labute approximate surface area is 195 Å². The van der Waals surface area contributed by atoms with Gasteiger partial charge >= 0.3 is 5.97 Å². The highest BCUT2D eigenvalue weighted by molar-refractivity contribution is 5.93. The van der Waals surface area contributed by atoms with Gasteiger partial charge < -0.3 is 48.5 Å². The zero-order valence-corrected chi connectivity index (χ0v) is 18.4. The number of rotatable bonds is 14. The number of carboxylic acids is 1. The van der Waals surface area contributed by atoms with E-state index >= 15 is 0 Å². The topological polar surface area (TPSA) is 255 Å². The highest BCUT2D eigenvalue weighted by atomic mass is 16.4. The third-order valence-electron chi connectivity index (χ3n) is 4.54. The molecule has 0 heterocycles. The van der Waals surface area contributed by atoms with Crippen molar-refractivity contribution in [1.82, 2.24) is 16.0 Å². The number of carbonyl (C=O) groups excluding carboxylic acids is 3. The predicted octanol–water partition coefficient (Wildman–Crippen LogP) is -3.52. The van der Waals surface area contributed by atoms with Gasteiger partial charge in [0, 0.05) is 13.0 Å². The molecule has 1 aromatic rings. The van der Waals surface area contributed by atoms with Crippen LogP contribution in [-0.4, -0.2) is 82.8 Å². The summed E-state index contributed by atoms with van der Waals surface area (Å²) in [5.74, 6) is -3.74. The number of nitrogens with zero attached hydrogens (tertiary/aromatic N) is 1. The quantitative estimate of drug-likeness (QED) is 0.0718. The van der Waals surface area contributed by atoms with Gasteiger partial charge in [-0.1, -0.05) is 12.1 Å². The van der Waals surface area contributed by atoms with Crippen molar-refractivity contribution in [1.29, 1.82) is 0 Å². The first-order chi connectivity index (χ1) is 16.0. The van der Waals surface area contributed by atoms with Crippen molar-refractivity contribution in [2.24, 2.45) is 22.2 Å². The Morgan fingerprint density at radius 2 is 1.59 bits per heavy atom. The van der Waals surface area contributed by atoms with Crippen LogP contribution in [0.3, 0.4) is 0 Å². The Balaban J connectivity index is 2.89. The van der Waals surface area contributed by atoms with Gasteiger partial charge in [0.2, 0.25) is 17.7 Å². The molecule has 0 aliphatic heterocycles. The number of aliphatic carboxylic acids is 1. The van der Waals surface area contributed by atoms with Gasteiger partial charge in [-0.15, -0.1) is 0 Å². The minimum absolute atomic E-state index is 0.00651. The van der Waals surface area contributed by atoms with Crippen molar-refractivity contribution in [3.05, 3.63) is 29.8 Å². The van der Waals surface area contributed by atoms with E-state index in [1.807, 2.05) is 0 Å². The average Bonchev–Trinajstić information content (AvgIpc) is 2.78. The number of aromatic hydroxyl groups is 1. The summed E-state index contributed by atoms with van der Waals surface area (Å²) < 4.78 is 0. The Bertz CT molecular complexity index is 873. The third kappa shape index (κ3) is 10.6. The molecule has 3 amide bonds. The molecular weight excluding hydrogens is 450 g/mol. The summed E-state index contributed by atoms with van der Waals surface area (Å²) in [4.78, 5) is 51.9.